The molecule has 0 amide bonds. The van der Waals surface area contributed by atoms with Crippen LogP contribution in [0.5, 0.6) is 0 Å². The van der Waals surface area contributed by atoms with Crippen molar-refractivity contribution < 1.29 is 53.8 Å². The van der Waals surface area contributed by atoms with Crippen LogP contribution in [0.2, 0.25) is 0 Å². The van der Waals surface area contributed by atoms with Gasteiger partial charge in [-0.15, -0.1) is 0 Å². The second-order valence-corrected chi connectivity index (χ2v) is 9.67. The molecule has 2 unspecified atom stereocenters. The number of fused-ring (bicyclic) bond motifs is 1. The maximum Gasteiger partial charge on any atom is 0.334 e. The molecule has 0 aromatic carbocycles. The Morgan fingerprint density at radius 2 is 1.91 bits per heavy atom. The van der Waals surface area contributed by atoms with Gasteiger partial charge in [-0.25, -0.2) is 4.79 Å². The lowest BCUT2D eigenvalue weighted by atomic mass is 9.76. The minimum absolute atomic E-state index is 0.0733. The molecule has 0 spiro atoms. The van der Waals surface area contributed by atoms with Crippen LogP contribution in [-0.4, -0.2) is 93.8 Å². The molecule has 1 aliphatic carbocycles. The largest absolute Gasteiger partial charge is 0.463 e. The molecule has 2 saturated heterocycles. The second-order valence-electron chi connectivity index (χ2n) is 9.67. The van der Waals surface area contributed by atoms with Gasteiger partial charge < -0.3 is 39.4 Å². The van der Waals surface area contributed by atoms with E-state index in [1.54, 1.807) is 13.8 Å². The first-order valence-electron chi connectivity index (χ1n) is 11.5. The third kappa shape index (κ3) is 5.34. The molecule has 2 aliphatic heterocycles. The van der Waals surface area contributed by atoms with Crippen molar-refractivity contribution in [3.63, 3.8) is 0 Å². The summed E-state index contributed by atoms with van der Waals surface area (Å²) in [5.74, 6) is -3.10. The van der Waals surface area contributed by atoms with Crippen LogP contribution in [-0.2, 0) is 33.3 Å². The quantitative estimate of drug-likeness (QED) is 0.183. The van der Waals surface area contributed by atoms with Crippen LogP contribution in [0.25, 0.3) is 0 Å². The summed E-state index contributed by atoms with van der Waals surface area (Å²) in [4.78, 5) is 36.0. The molecule has 11 nitrogen and oxygen atoms in total. The fraction of sp³-hybridized carbons (Fsp3) is 0.783. The first kappa shape index (κ1) is 26.7. The van der Waals surface area contributed by atoms with Gasteiger partial charge in [0.2, 0.25) is 0 Å². The summed E-state index contributed by atoms with van der Waals surface area (Å²) in [6.07, 6.45) is -6.45. The molecular weight excluding hydrogens is 452 g/mol. The number of hydrogen-bond donors (Lipinski definition) is 4. The number of rotatable bonds is 9. The van der Waals surface area contributed by atoms with Gasteiger partial charge in [0.1, 0.15) is 42.9 Å². The predicted octanol–water partition coefficient (Wildman–Crippen LogP) is -0.772. The average Bonchev–Trinajstić information content (AvgIpc) is 3.17. The van der Waals surface area contributed by atoms with Crippen LogP contribution in [0.15, 0.2) is 12.2 Å². The van der Waals surface area contributed by atoms with Crippen molar-refractivity contribution in [2.75, 3.05) is 13.2 Å². The second kappa shape index (κ2) is 10.4. The topological polar surface area (TPSA) is 169 Å². The van der Waals surface area contributed by atoms with Gasteiger partial charge in [0.25, 0.3) is 0 Å². The van der Waals surface area contributed by atoms with Crippen LogP contribution in [0, 0.1) is 17.8 Å². The maximum atomic E-state index is 13.2. The Balaban J connectivity index is 1.51. The molecule has 0 bridgehead atoms. The minimum Gasteiger partial charge on any atom is -0.463 e. The fourth-order valence-electron chi connectivity index (χ4n) is 5.07. The van der Waals surface area contributed by atoms with Gasteiger partial charge in [-0.05, 0) is 19.8 Å². The van der Waals surface area contributed by atoms with Crippen molar-refractivity contribution in [3.05, 3.63) is 12.2 Å². The Labute approximate surface area is 197 Å². The van der Waals surface area contributed by atoms with Gasteiger partial charge in [-0.2, -0.15) is 0 Å². The number of hydrogen-bond acceptors (Lipinski definition) is 11. The number of carbonyl (C=O) groups is 3. The van der Waals surface area contributed by atoms with E-state index < -0.39 is 72.1 Å². The van der Waals surface area contributed by atoms with E-state index in [4.69, 9.17) is 18.9 Å². The Morgan fingerprint density at radius 3 is 2.56 bits per heavy atom. The minimum atomic E-state index is -1.55. The molecule has 3 aliphatic rings. The molecule has 1 saturated carbocycles. The molecule has 34 heavy (non-hydrogen) atoms. The zero-order valence-electron chi connectivity index (χ0n) is 19.6. The summed E-state index contributed by atoms with van der Waals surface area (Å²) in [7, 11) is 0. The van der Waals surface area contributed by atoms with E-state index in [2.05, 4.69) is 6.58 Å². The summed E-state index contributed by atoms with van der Waals surface area (Å²) >= 11 is 0. The third-order valence-electron chi connectivity index (χ3n) is 6.94. The first-order chi connectivity index (χ1) is 15.8. The fourth-order valence-corrected chi connectivity index (χ4v) is 5.07. The summed E-state index contributed by atoms with van der Waals surface area (Å²) in [5, 5.41) is 41.0. The Bertz CT molecular complexity index is 809. The van der Waals surface area contributed by atoms with Crippen molar-refractivity contribution in [2.24, 2.45) is 17.8 Å². The van der Waals surface area contributed by atoms with Crippen molar-refractivity contribution in [2.45, 2.75) is 82.4 Å². The number of ketones is 1. The van der Waals surface area contributed by atoms with Gasteiger partial charge in [0.05, 0.1) is 11.5 Å². The maximum absolute atomic E-state index is 13.2. The standard InChI is InChI=1S/C23H34O11/c1-10(17(25)16-15-11(2)21(29)33-13(15)8-23(16,4)30)6-5-7-31-22-20(28)19(27)18(26)14(34-22)9-32-12(3)24/h10,13-16,18-20,22,26-28,30H,2,5-9H2,1,3-4H3/t10?,13-,14-,15?,16+,18-,19+,20-,22-,23-/m1/s1. The van der Waals surface area contributed by atoms with Crippen molar-refractivity contribution in [1.29, 1.82) is 0 Å². The number of aliphatic hydroxyl groups excluding tert-OH is 3. The lowest BCUT2D eigenvalue weighted by molar-refractivity contribution is -0.301. The van der Waals surface area contributed by atoms with Crippen molar-refractivity contribution in [1.82, 2.24) is 0 Å². The lowest BCUT2D eigenvalue weighted by Gasteiger charge is -2.40. The van der Waals surface area contributed by atoms with Crippen LogP contribution in [0.1, 0.15) is 40.0 Å². The normalized spacial score (nSPS) is 40.6. The van der Waals surface area contributed by atoms with E-state index in [1.807, 2.05) is 0 Å². The molecule has 0 aromatic heterocycles. The van der Waals surface area contributed by atoms with Gasteiger partial charge in [0.15, 0.2) is 6.29 Å². The highest BCUT2D eigenvalue weighted by Gasteiger charge is 2.60. The van der Waals surface area contributed by atoms with Gasteiger partial charge in [-0.1, -0.05) is 13.5 Å². The molecule has 0 aromatic rings. The first-order valence-corrected chi connectivity index (χ1v) is 11.5. The summed E-state index contributed by atoms with van der Waals surface area (Å²) < 4.78 is 21.0. The van der Waals surface area contributed by atoms with Crippen LogP contribution < -0.4 is 0 Å². The highest BCUT2D eigenvalue weighted by molar-refractivity contribution is 5.94. The zero-order valence-corrected chi connectivity index (χ0v) is 19.6. The third-order valence-corrected chi connectivity index (χ3v) is 6.94. The number of aliphatic hydroxyl groups is 4. The molecule has 0 radical (unpaired) electrons. The summed E-state index contributed by atoms with van der Waals surface area (Å²) in [6.45, 7) is 8.00. The average molecular weight is 487 g/mol. The highest BCUT2D eigenvalue weighted by atomic mass is 16.7. The lowest BCUT2D eigenvalue weighted by Crippen LogP contribution is -2.59. The van der Waals surface area contributed by atoms with E-state index in [0.717, 1.165) is 0 Å². The Hall–Kier alpha value is -1.89. The van der Waals surface area contributed by atoms with E-state index in [-0.39, 0.29) is 31.0 Å². The molecule has 10 atom stereocenters. The molecule has 3 rings (SSSR count). The smallest absolute Gasteiger partial charge is 0.334 e. The summed E-state index contributed by atoms with van der Waals surface area (Å²) in [5.41, 5.74) is -1.10. The van der Waals surface area contributed by atoms with Crippen molar-refractivity contribution >= 4 is 17.7 Å². The number of esters is 2. The van der Waals surface area contributed by atoms with E-state index in [0.29, 0.717) is 12.8 Å². The van der Waals surface area contributed by atoms with Gasteiger partial charge in [0, 0.05) is 37.4 Å². The van der Waals surface area contributed by atoms with E-state index in [1.165, 1.54) is 6.92 Å². The van der Waals surface area contributed by atoms with Crippen LogP contribution in [0.3, 0.4) is 0 Å². The van der Waals surface area contributed by atoms with Crippen LogP contribution >= 0.6 is 0 Å². The molecule has 3 fully saturated rings. The highest BCUT2D eigenvalue weighted by Crippen LogP contribution is 2.50. The van der Waals surface area contributed by atoms with Crippen LogP contribution in [0.4, 0.5) is 0 Å². The van der Waals surface area contributed by atoms with Crippen molar-refractivity contribution in [3.8, 4) is 0 Å². The number of carbonyl (C=O) groups excluding carboxylic acids is 3. The Kier molecular flexibility index (Phi) is 8.16. The molecule has 2 heterocycles. The zero-order chi connectivity index (χ0) is 25.4. The number of Topliss-reactive ketones (excluding diaryl/α,β-unsaturated/α-hetero) is 1. The molecule has 11 heteroatoms. The monoisotopic (exact) mass is 486 g/mol. The SMILES string of the molecule is C=C1C(=O)O[C@@H]2C[C@@](C)(O)[C@H](C(=O)C(C)CCCO[C@@H]3O[C@H](COC(C)=O)[C@@H](O)[C@H](O)[C@H]3O)C12. The molecular formula is C23H34O11. The van der Waals surface area contributed by atoms with Gasteiger partial charge in [-0.3, -0.25) is 9.59 Å². The van der Waals surface area contributed by atoms with E-state index >= 15 is 0 Å². The molecule has 192 valence electrons. The number of ether oxygens (including phenoxy) is 4. The predicted molar refractivity (Wildman–Crippen MR) is 114 cm³/mol. The Morgan fingerprint density at radius 1 is 1.24 bits per heavy atom. The molecule has 4 N–H and O–H groups in total. The summed E-state index contributed by atoms with van der Waals surface area (Å²) in [6, 6.07) is 0. The van der Waals surface area contributed by atoms with E-state index in [9.17, 15) is 34.8 Å². The van der Waals surface area contributed by atoms with Gasteiger partial charge >= 0.3 is 11.9 Å².